The summed E-state index contributed by atoms with van der Waals surface area (Å²) < 4.78 is 17.3. The zero-order chi connectivity index (χ0) is 20.0. The van der Waals surface area contributed by atoms with Gasteiger partial charge in [-0.3, -0.25) is 13.8 Å². The van der Waals surface area contributed by atoms with Crippen molar-refractivity contribution in [1.29, 1.82) is 0 Å². The van der Waals surface area contributed by atoms with Crippen molar-refractivity contribution < 1.29 is 23.3 Å². The van der Waals surface area contributed by atoms with Gasteiger partial charge in [0.1, 0.15) is 0 Å². The lowest BCUT2D eigenvalue weighted by molar-refractivity contribution is -0.123. The first-order chi connectivity index (χ1) is 12.8. The van der Waals surface area contributed by atoms with Crippen molar-refractivity contribution >= 4 is 34.3 Å². The third-order valence-corrected chi connectivity index (χ3v) is 5.08. The minimum atomic E-state index is -1.32. The molecule has 2 amide bonds. The average Bonchev–Trinajstić information content (AvgIpc) is 2.67. The fourth-order valence-corrected chi connectivity index (χ4v) is 3.17. The molecule has 0 aliphatic rings. The maximum Gasteiger partial charge on any atom is 0.340 e. The molecular weight excluding hydrogens is 368 g/mol. The molecule has 2 aromatic rings. The summed E-state index contributed by atoms with van der Waals surface area (Å²) in [6, 6.07) is 12.4. The number of ether oxygens (including phenoxy) is 1. The standard InChI is InChI=1S/C19H20N2O5S/c1-3-27(25)16-7-5-4-6-15(16)19(24)26-12(2)18(23)21-14-10-8-13(9-11-14)17(20)22/h4-12H,3H2,1-2H3,(H2,20,22)(H,21,23)/t12-,27+/m1/s1. The second-order valence-electron chi connectivity index (χ2n) is 5.61. The van der Waals surface area contributed by atoms with Crippen LogP contribution in [0.2, 0.25) is 0 Å². The number of hydrogen-bond donors (Lipinski definition) is 2. The first-order valence-corrected chi connectivity index (χ1v) is 9.54. The van der Waals surface area contributed by atoms with E-state index in [1.165, 1.54) is 37.3 Å². The highest BCUT2D eigenvalue weighted by Gasteiger charge is 2.22. The lowest BCUT2D eigenvalue weighted by Gasteiger charge is -2.15. The molecule has 0 unspecified atom stereocenters. The van der Waals surface area contributed by atoms with Gasteiger partial charge in [0.05, 0.1) is 21.3 Å². The molecule has 0 aliphatic heterocycles. The summed E-state index contributed by atoms with van der Waals surface area (Å²) in [5.41, 5.74) is 6.07. The van der Waals surface area contributed by atoms with Gasteiger partial charge in [0.25, 0.3) is 5.91 Å². The van der Waals surface area contributed by atoms with Crippen LogP contribution in [0.3, 0.4) is 0 Å². The minimum absolute atomic E-state index is 0.170. The molecule has 27 heavy (non-hydrogen) atoms. The number of nitrogens with one attached hydrogen (secondary N) is 1. The third-order valence-electron chi connectivity index (χ3n) is 3.70. The number of carbonyl (C=O) groups excluding carboxylic acids is 3. The topological polar surface area (TPSA) is 116 Å². The number of hydrogen-bond acceptors (Lipinski definition) is 5. The van der Waals surface area contributed by atoms with E-state index in [9.17, 15) is 18.6 Å². The van der Waals surface area contributed by atoms with E-state index in [1.807, 2.05) is 0 Å². The Morgan fingerprint density at radius 2 is 1.74 bits per heavy atom. The van der Waals surface area contributed by atoms with Gasteiger partial charge in [0, 0.05) is 17.0 Å². The predicted octanol–water partition coefficient (Wildman–Crippen LogP) is 2.10. The van der Waals surface area contributed by atoms with Gasteiger partial charge in [-0.25, -0.2) is 4.79 Å². The van der Waals surface area contributed by atoms with E-state index in [1.54, 1.807) is 25.1 Å². The Balaban J connectivity index is 2.05. The zero-order valence-electron chi connectivity index (χ0n) is 14.9. The van der Waals surface area contributed by atoms with Gasteiger partial charge < -0.3 is 15.8 Å². The van der Waals surface area contributed by atoms with Crippen LogP contribution in [0.4, 0.5) is 5.69 Å². The SMILES string of the molecule is CC[S@](=O)c1ccccc1C(=O)O[C@H](C)C(=O)Nc1ccc(C(N)=O)cc1. The maximum atomic E-state index is 12.4. The number of rotatable bonds is 7. The molecule has 0 heterocycles. The van der Waals surface area contributed by atoms with Crippen molar-refractivity contribution in [2.75, 3.05) is 11.1 Å². The van der Waals surface area contributed by atoms with E-state index in [-0.39, 0.29) is 5.56 Å². The molecular formula is C19H20N2O5S. The van der Waals surface area contributed by atoms with Crippen LogP contribution in [0.25, 0.3) is 0 Å². The van der Waals surface area contributed by atoms with Crippen LogP contribution in [0.1, 0.15) is 34.6 Å². The van der Waals surface area contributed by atoms with Crippen molar-refractivity contribution in [1.82, 2.24) is 0 Å². The van der Waals surface area contributed by atoms with Crippen molar-refractivity contribution in [2.24, 2.45) is 5.73 Å². The quantitative estimate of drug-likeness (QED) is 0.705. The van der Waals surface area contributed by atoms with Crippen LogP contribution in [0.5, 0.6) is 0 Å². The molecule has 0 aromatic heterocycles. The van der Waals surface area contributed by atoms with Gasteiger partial charge in [-0.2, -0.15) is 0 Å². The van der Waals surface area contributed by atoms with E-state index < -0.39 is 34.7 Å². The Labute approximate surface area is 159 Å². The lowest BCUT2D eigenvalue weighted by Crippen LogP contribution is -2.30. The van der Waals surface area contributed by atoms with Gasteiger partial charge in [-0.15, -0.1) is 0 Å². The van der Waals surface area contributed by atoms with Gasteiger partial charge in [-0.1, -0.05) is 19.1 Å². The second-order valence-corrected chi connectivity index (χ2v) is 7.32. The molecule has 2 atom stereocenters. The van der Waals surface area contributed by atoms with E-state index in [0.717, 1.165) is 0 Å². The highest BCUT2D eigenvalue weighted by Crippen LogP contribution is 2.16. The summed E-state index contributed by atoms with van der Waals surface area (Å²) >= 11 is 0. The number of esters is 1. The number of anilines is 1. The van der Waals surface area contributed by atoms with Crippen molar-refractivity contribution in [3.63, 3.8) is 0 Å². The molecule has 142 valence electrons. The van der Waals surface area contributed by atoms with Gasteiger partial charge in [0.2, 0.25) is 5.91 Å². The summed E-state index contributed by atoms with van der Waals surface area (Å²) in [6.45, 7) is 3.18. The smallest absolute Gasteiger partial charge is 0.340 e. The molecule has 0 bridgehead atoms. The Bertz CT molecular complexity index is 880. The number of amides is 2. The number of nitrogens with two attached hydrogens (primary N) is 1. The maximum absolute atomic E-state index is 12.4. The Morgan fingerprint density at radius 1 is 1.11 bits per heavy atom. The van der Waals surface area contributed by atoms with Gasteiger partial charge in [-0.05, 0) is 43.3 Å². The molecule has 3 N–H and O–H groups in total. The molecule has 0 fully saturated rings. The summed E-state index contributed by atoms with van der Waals surface area (Å²) in [6.07, 6.45) is -1.07. The minimum Gasteiger partial charge on any atom is -0.449 e. The molecule has 2 aromatic carbocycles. The van der Waals surface area contributed by atoms with Crippen LogP contribution in [-0.2, 0) is 20.3 Å². The molecule has 0 radical (unpaired) electrons. The average molecular weight is 388 g/mol. The van der Waals surface area contributed by atoms with Crippen LogP contribution in [0.15, 0.2) is 53.4 Å². The lowest BCUT2D eigenvalue weighted by atomic mass is 10.2. The first-order valence-electron chi connectivity index (χ1n) is 8.22. The van der Waals surface area contributed by atoms with Crippen LogP contribution < -0.4 is 11.1 Å². The number of carbonyl (C=O) groups is 3. The van der Waals surface area contributed by atoms with E-state index in [2.05, 4.69) is 5.32 Å². The molecule has 0 spiro atoms. The largest absolute Gasteiger partial charge is 0.449 e. The van der Waals surface area contributed by atoms with E-state index in [0.29, 0.717) is 21.9 Å². The van der Waals surface area contributed by atoms with Crippen LogP contribution >= 0.6 is 0 Å². The zero-order valence-corrected chi connectivity index (χ0v) is 15.7. The van der Waals surface area contributed by atoms with Crippen molar-refractivity contribution in [3.05, 3.63) is 59.7 Å². The summed E-state index contributed by atoms with van der Waals surface area (Å²) in [7, 11) is -1.32. The summed E-state index contributed by atoms with van der Waals surface area (Å²) in [5, 5.41) is 2.58. The summed E-state index contributed by atoms with van der Waals surface area (Å²) in [5.74, 6) is -1.47. The normalized spacial score (nSPS) is 12.7. The molecule has 7 nitrogen and oxygen atoms in total. The second kappa shape index (κ2) is 9.09. The van der Waals surface area contributed by atoms with Crippen molar-refractivity contribution in [3.8, 4) is 0 Å². The molecule has 0 saturated carbocycles. The van der Waals surface area contributed by atoms with Crippen LogP contribution in [-0.4, -0.2) is 33.8 Å². The van der Waals surface area contributed by atoms with Gasteiger partial charge in [0.15, 0.2) is 6.10 Å². The molecule has 2 rings (SSSR count). The fraction of sp³-hybridized carbons (Fsp3) is 0.211. The number of benzene rings is 2. The van der Waals surface area contributed by atoms with Gasteiger partial charge >= 0.3 is 5.97 Å². The monoisotopic (exact) mass is 388 g/mol. The molecule has 0 aliphatic carbocycles. The fourth-order valence-electron chi connectivity index (χ4n) is 2.23. The Hall–Kier alpha value is -3.00. The number of primary amides is 1. The first kappa shape index (κ1) is 20.3. The Morgan fingerprint density at radius 3 is 2.33 bits per heavy atom. The Kier molecular flexibility index (Phi) is 6.84. The van der Waals surface area contributed by atoms with Crippen molar-refractivity contribution in [2.45, 2.75) is 24.8 Å². The molecule has 0 saturated heterocycles. The van der Waals surface area contributed by atoms with E-state index >= 15 is 0 Å². The third kappa shape index (κ3) is 5.24. The summed E-state index contributed by atoms with van der Waals surface area (Å²) in [4.78, 5) is 36.0. The molecule has 8 heteroatoms. The highest BCUT2D eigenvalue weighted by molar-refractivity contribution is 7.85. The highest BCUT2D eigenvalue weighted by atomic mass is 32.2. The van der Waals surface area contributed by atoms with E-state index in [4.69, 9.17) is 10.5 Å². The van der Waals surface area contributed by atoms with Crippen LogP contribution in [0, 0.1) is 0 Å². The predicted molar refractivity (Wildman–Crippen MR) is 102 cm³/mol.